The van der Waals surface area contributed by atoms with Gasteiger partial charge in [0.25, 0.3) is 0 Å². The zero-order chi connectivity index (χ0) is 15.7. The number of nitrogens with zero attached hydrogens (tertiary/aromatic N) is 5. The van der Waals surface area contributed by atoms with Crippen molar-refractivity contribution in [2.45, 2.75) is 59.2 Å². The van der Waals surface area contributed by atoms with Gasteiger partial charge in [0.15, 0.2) is 0 Å². The molecule has 22 heavy (non-hydrogen) atoms. The van der Waals surface area contributed by atoms with Crippen molar-refractivity contribution in [3.63, 3.8) is 0 Å². The molecule has 2 aliphatic rings. The summed E-state index contributed by atoms with van der Waals surface area (Å²) in [6.45, 7) is 10.7. The lowest BCUT2D eigenvalue weighted by atomic mass is 9.78. The second kappa shape index (κ2) is 5.99. The molecule has 1 unspecified atom stereocenters. The number of hydrogen-bond donors (Lipinski definition) is 0. The van der Waals surface area contributed by atoms with Gasteiger partial charge in [-0.3, -0.25) is 9.69 Å². The van der Waals surface area contributed by atoms with Gasteiger partial charge in [0.1, 0.15) is 12.2 Å². The van der Waals surface area contributed by atoms with E-state index in [0.717, 1.165) is 57.8 Å². The molecule has 2 fully saturated rings. The van der Waals surface area contributed by atoms with Gasteiger partial charge in [0.05, 0.1) is 12.0 Å². The highest BCUT2D eigenvalue weighted by Gasteiger charge is 2.48. The molecular weight excluding hydrogens is 278 g/mol. The van der Waals surface area contributed by atoms with Gasteiger partial charge < -0.3 is 4.90 Å². The van der Waals surface area contributed by atoms with Crippen molar-refractivity contribution >= 4 is 5.91 Å². The van der Waals surface area contributed by atoms with E-state index in [4.69, 9.17) is 0 Å². The van der Waals surface area contributed by atoms with Gasteiger partial charge in [-0.05, 0) is 46.6 Å². The number of hydrogen-bond acceptors (Lipinski definition) is 4. The summed E-state index contributed by atoms with van der Waals surface area (Å²) in [4.78, 5) is 21.7. The Balaban J connectivity index is 1.69. The van der Waals surface area contributed by atoms with E-state index in [2.05, 4.69) is 40.7 Å². The first-order valence-corrected chi connectivity index (χ1v) is 8.46. The fourth-order valence-electron chi connectivity index (χ4n) is 3.94. The zero-order valence-corrected chi connectivity index (χ0v) is 14.0. The van der Waals surface area contributed by atoms with Gasteiger partial charge in [0.2, 0.25) is 5.91 Å². The molecule has 0 saturated carbocycles. The Kier molecular flexibility index (Phi) is 4.21. The highest BCUT2D eigenvalue weighted by Crippen LogP contribution is 2.40. The summed E-state index contributed by atoms with van der Waals surface area (Å²) in [5.41, 5.74) is -0.153. The lowest BCUT2D eigenvalue weighted by Crippen LogP contribution is -2.52. The molecule has 0 aliphatic carbocycles. The quantitative estimate of drug-likeness (QED) is 0.846. The van der Waals surface area contributed by atoms with E-state index in [1.807, 2.05) is 4.68 Å². The maximum absolute atomic E-state index is 12.9. The minimum Gasteiger partial charge on any atom is -0.340 e. The Morgan fingerprint density at radius 1 is 1.32 bits per heavy atom. The van der Waals surface area contributed by atoms with Crippen LogP contribution < -0.4 is 0 Å². The van der Waals surface area contributed by atoms with E-state index in [9.17, 15) is 4.79 Å². The van der Waals surface area contributed by atoms with Gasteiger partial charge in [-0.2, -0.15) is 5.10 Å². The van der Waals surface area contributed by atoms with Gasteiger partial charge in [0, 0.05) is 25.7 Å². The largest absolute Gasteiger partial charge is 0.340 e. The number of carbonyl (C=O) groups is 1. The number of aromatic nitrogens is 3. The normalized spacial score (nSPS) is 26.5. The van der Waals surface area contributed by atoms with Crippen LogP contribution in [-0.4, -0.2) is 56.1 Å². The van der Waals surface area contributed by atoms with Crippen LogP contribution in [0.3, 0.4) is 0 Å². The molecule has 3 rings (SSSR count). The van der Waals surface area contributed by atoms with Crippen LogP contribution in [0.5, 0.6) is 0 Å². The first kappa shape index (κ1) is 15.5. The second-order valence-electron chi connectivity index (χ2n) is 6.93. The number of carbonyl (C=O) groups excluding carboxylic acids is 1. The summed E-state index contributed by atoms with van der Waals surface area (Å²) in [5.74, 6) is 1.37. The minimum atomic E-state index is -0.153. The highest BCUT2D eigenvalue weighted by atomic mass is 16.2. The molecule has 0 radical (unpaired) electrons. The predicted molar refractivity (Wildman–Crippen MR) is 84.1 cm³/mol. The molecule has 1 amide bonds. The van der Waals surface area contributed by atoms with Gasteiger partial charge >= 0.3 is 0 Å². The molecule has 0 bridgehead atoms. The summed E-state index contributed by atoms with van der Waals surface area (Å²) in [6.07, 6.45) is 4.77. The molecule has 0 aromatic carbocycles. The maximum Gasteiger partial charge on any atom is 0.230 e. The lowest BCUT2D eigenvalue weighted by molar-refractivity contribution is -0.147. The van der Waals surface area contributed by atoms with Crippen molar-refractivity contribution in [1.29, 1.82) is 0 Å². The summed E-state index contributed by atoms with van der Waals surface area (Å²) < 4.78 is 1.94. The third kappa shape index (κ3) is 2.64. The van der Waals surface area contributed by atoms with Crippen LogP contribution in [0.4, 0.5) is 0 Å². The molecule has 1 aromatic rings. The van der Waals surface area contributed by atoms with Gasteiger partial charge in [-0.1, -0.05) is 0 Å². The van der Waals surface area contributed by atoms with Gasteiger partial charge in [-0.25, -0.2) is 9.67 Å². The third-order valence-corrected chi connectivity index (χ3v) is 5.19. The molecule has 1 atom stereocenters. The van der Waals surface area contributed by atoms with Crippen LogP contribution >= 0.6 is 0 Å². The smallest absolute Gasteiger partial charge is 0.230 e. The summed E-state index contributed by atoms with van der Waals surface area (Å²) in [5, 5.41) is 4.23. The number of amides is 1. The number of rotatable bonds is 4. The van der Waals surface area contributed by atoms with E-state index in [1.54, 1.807) is 6.33 Å². The van der Waals surface area contributed by atoms with Crippen molar-refractivity contribution in [2.24, 2.45) is 5.41 Å². The van der Waals surface area contributed by atoms with E-state index in [0.29, 0.717) is 11.9 Å². The minimum absolute atomic E-state index is 0.153. The Labute approximate surface area is 132 Å². The van der Waals surface area contributed by atoms with E-state index >= 15 is 0 Å². The van der Waals surface area contributed by atoms with Crippen LogP contribution in [0, 0.1) is 5.41 Å². The van der Waals surface area contributed by atoms with Crippen molar-refractivity contribution in [3.05, 3.63) is 12.2 Å². The first-order chi connectivity index (χ1) is 10.6. The standard InChI is InChI=1S/C16H27N5O/c1-4-21-14(17-12-18-21)10-19-9-7-16(11-19)6-5-8-20(13(2)3)15(16)22/h12-13H,4-11H2,1-3H3. The number of aryl methyl sites for hydroxylation is 1. The molecule has 1 spiro atoms. The van der Waals surface area contributed by atoms with Crippen LogP contribution in [0.2, 0.25) is 0 Å². The molecule has 122 valence electrons. The number of likely N-dealkylation sites (tertiary alicyclic amines) is 2. The Bertz CT molecular complexity index is 540. The van der Waals surface area contributed by atoms with Gasteiger partial charge in [-0.15, -0.1) is 0 Å². The molecular formula is C16H27N5O. The molecule has 0 N–H and O–H groups in total. The monoisotopic (exact) mass is 305 g/mol. The van der Waals surface area contributed by atoms with Crippen LogP contribution in [0.15, 0.2) is 6.33 Å². The summed E-state index contributed by atoms with van der Waals surface area (Å²) in [7, 11) is 0. The summed E-state index contributed by atoms with van der Waals surface area (Å²) in [6, 6.07) is 0.307. The van der Waals surface area contributed by atoms with Crippen LogP contribution in [0.25, 0.3) is 0 Å². The molecule has 2 saturated heterocycles. The molecule has 6 heteroatoms. The molecule has 3 heterocycles. The van der Waals surface area contributed by atoms with Crippen LogP contribution in [-0.2, 0) is 17.9 Å². The van der Waals surface area contributed by atoms with Crippen molar-refractivity contribution in [1.82, 2.24) is 24.6 Å². The topological polar surface area (TPSA) is 54.3 Å². The highest BCUT2D eigenvalue weighted by molar-refractivity contribution is 5.84. The lowest BCUT2D eigenvalue weighted by Gasteiger charge is -2.41. The Hall–Kier alpha value is -1.43. The Morgan fingerprint density at radius 3 is 2.86 bits per heavy atom. The molecule has 1 aromatic heterocycles. The molecule has 2 aliphatic heterocycles. The van der Waals surface area contributed by atoms with Crippen LogP contribution in [0.1, 0.15) is 45.9 Å². The van der Waals surface area contributed by atoms with E-state index < -0.39 is 0 Å². The average Bonchev–Trinajstić information content (AvgIpc) is 3.10. The Morgan fingerprint density at radius 2 is 2.14 bits per heavy atom. The SMILES string of the molecule is CCn1ncnc1CN1CCC2(CCCN(C(C)C)C2=O)C1. The summed E-state index contributed by atoms with van der Waals surface area (Å²) >= 11 is 0. The van der Waals surface area contributed by atoms with E-state index in [1.165, 1.54) is 0 Å². The van der Waals surface area contributed by atoms with Crippen molar-refractivity contribution in [2.75, 3.05) is 19.6 Å². The zero-order valence-electron chi connectivity index (χ0n) is 14.0. The predicted octanol–water partition coefficient (Wildman–Crippen LogP) is 1.52. The number of piperidine rings is 1. The van der Waals surface area contributed by atoms with Crippen molar-refractivity contribution < 1.29 is 4.79 Å². The fraction of sp³-hybridized carbons (Fsp3) is 0.812. The third-order valence-electron chi connectivity index (χ3n) is 5.19. The maximum atomic E-state index is 12.9. The molecule has 6 nitrogen and oxygen atoms in total. The van der Waals surface area contributed by atoms with E-state index in [-0.39, 0.29) is 5.41 Å². The van der Waals surface area contributed by atoms with Crippen molar-refractivity contribution in [3.8, 4) is 0 Å². The fourth-order valence-corrected chi connectivity index (χ4v) is 3.94. The first-order valence-electron chi connectivity index (χ1n) is 8.46. The second-order valence-corrected chi connectivity index (χ2v) is 6.93. The average molecular weight is 305 g/mol.